The van der Waals surface area contributed by atoms with Crippen molar-refractivity contribution in [3.63, 3.8) is 0 Å². The molecule has 0 bridgehead atoms. The van der Waals surface area contributed by atoms with E-state index in [0.717, 1.165) is 58.7 Å². The molecule has 0 fully saturated rings. The molecule has 0 saturated heterocycles. The molecule has 0 amide bonds. The van der Waals surface area contributed by atoms with Crippen molar-refractivity contribution in [2.24, 2.45) is 4.99 Å². The van der Waals surface area contributed by atoms with Crippen LogP contribution in [0.2, 0.25) is 0 Å². The first kappa shape index (κ1) is 45.9. The first-order valence-corrected chi connectivity index (χ1v) is 19.2. The van der Waals surface area contributed by atoms with Crippen LogP contribution in [0.5, 0.6) is 0 Å². The Bertz CT molecular complexity index is 1690. The zero-order valence-electron chi connectivity index (χ0n) is 34.1. The minimum Gasteiger partial charge on any atom is -0.656 e. The Morgan fingerprint density at radius 1 is 0.481 bits per heavy atom. The van der Waals surface area contributed by atoms with Crippen LogP contribution in [0.15, 0.2) is 144 Å². The van der Waals surface area contributed by atoms with E-state index < -0.39 is 0 Å². The number of hydrogen-bond acceptors (Lipinski definition) is 1. The van der Waals surface area contributed by atoms with Crippen LogP contribution in [0.1, 0.15) is 137 Å². The molecule has 5 aromatic carbocycles. The second-order valence-electron chi connectivity index (χ2n) is 14.8. The zero-order chi connectivity index (χ0) is 38.8. The van der Waals surface area contributed by atoms with Crippen molar-refractivity contribution in [3.05, 3.63) is 204 Å². The van der Waals surface area contributed by atoms with Gasteiger partial charge in [-0.25, -0.2) is 0 Å². The second-order valence-corrected chi connectivity index (χ2v) is 14.8. The largest absolute Gasteiger partial charge is 4.00 e. The second kappa shape index (κ2) is 24.2. The van der Waals surface area contributed by atoms with Crippen molar-refractivity contribution >= 4 is 17.1 Å². The first-order chi connectivity index (χ1) is 25.4. The maximum atomic E-state index is 5.34. The van der Waals surface area contributed by atoms with Crippen molar-refractivity contribution < 1.29 is 25.8 Å². The van der Waals surface area contributed by atoms with Gasteiger partial charge in [0.25, 0.3) is 0 Å². The average Bonchev–Trinajstić information content (AvgIpc) is 3.14. The van der Waals surface area contributed by atoms with Crippen molar-refractivity contribution in [1.29, 1.82) is 0 Å². The first-order valence-electron chi connectivity index (χ1n) is 19.2. The molecule has 6 rings (SSSR count). The Morgan fingerprint density at radius 2 is 0.833 bits per heavy atom. The molecule has 3 heteroatoms. The Kier molecular flexibility index (Phi) is 20.6. The van der Waals surface area contributed by atoms with E-state index in [4.69, 9.17) is 10.3 Å². The molecule has 0 aromatic heterocycles. The number of aliphatic imine (C=N–C) groups is 1. The van der Waals surface area contributed by atoms with E-state index >= 15 is 0 Å². The van der Waals surface area contributed by atoms with Gasteiger partial charge in [0.05, 0.1) is 5.69 Å². The number of nitrogens with zero attached hydrogens (tertiary/aromatic N) is 2. The predicted molar refractivity (Wildman–Crippen MR) is 234 cm³/mol. The van der Waals surface area contributed by atoms with Crippen LogP contribution < -0.4 is 0 Å². The summed E-state index contributed by atoms with van der Waals surface area (Å²) in [6.07, 6.45) is 5.50. The van der Waals surface area contributed by atoms with Gasteiger partial charge >= 0.3 is 25.8 Å². The minimum atomic E-state index is 0. The van der Waals surface area contributed by atoms with Crippen LogP contribution in [-0.2, 0) is 25.8 Å². The fraction of sp³-hybridized carbons (Fsp3) is 0.294. The van der Waals surface area contributed by atoms with Gasteiger partial charge in [-0.2, -0.15) is 73.9 Å². The molecule has 1 aliphatic rings. The summed E-state index contributed by atoms with van der Waals surface area (Å²) in [6, 6.07) is 42.9. The zero-order valence-corrected chi connectivity index (χ0v) is 37.7. The van der Waals surface area contributed by atoms with Gasteiger partial charge in [0, 0.05) is 5.71 Å². The summed E-state index contributed by atoms with van der Waals surface area (Å²) < 4.78 is 0. The Balaban J connectivity index is 0.000000365. The van der Waals surface area contributed by atoms with Crippen LogP contribution in [0.4, 0.5) is 11.4 Å². The van der Waals surface area contributed by atoms with E-state index in [1.54, 1.807) is 0 Å². The summed E-state index contributed by atoms with van der Waals surface area (Å²) in [6.45, 7) is 29.3. The third-order valence-electron chi connectivity index (χ3n) is 8.94. The fourth-order valence-corrected chi connectivity index (χ4v) is 5.95. The Morgan fingerprint density at radius 3 is 1.15 bits per heavy atom. The van der Waals surface area contributed by atoms with Gasteiger partial charge in [-0.3, -0.25) is 4.99 Å². The SMILES string of the molecule is CC(C)c1cccc(C(C)C)c1N=C1CCCC=C1[N-]c1c(C(C)C)cccc1C(C)C.[CH2-]c1ccccc1.[CH2-]c1ccccc1.[CH2-]c1ccccc1.[Hf+4]. The van der Waals surface area contributed by atoms with Gasteiger partial charge < -0.3 is 5.32 Å². The van der Waals surface area contributed by atoms with Gasteiger partial charge in [-0.15, -0.1) is 47.8 Å². The molecular formula is C51H62HfN2. The molecule has 280 valence electrons. The van der Waals surface area contributed by atoms with E-state index in [1.807, 2.05) is 91.0 Å². The summed E-state index contributed by atoms with van der Waals surface area (Å²) in [5.41, 5.74) is 13.1. The number of benzene rings is 5. The van der Waals surface area contributed by atoms with Gasteiger partial charge in [-0.1, -0.05) is 127 Å². The molecule has 5 aromatic rings. The van der Waals surface area contributed by atoms with E-state index in [9.17, 15) is 0 Å². The fourth-order valence-electron chi connectivity index (χ4n) is 5.95. The van der Waals surface area contributed by atoms with Crippen molar-refractivity contribution in [3.8, 4) is 0 Å². The molecule has 0 radical (unpaired) electrons. The molecular weight excluding hydrogens is 819 g/mol. The van der Waals surface area contributed by atoms with Crippen LogP contribution >= 0.6 is 0 Å². The van der Waals surface area contributed by atoms with Crippen molar-refractivity contribution in [2.45, 2.75) is 98.3 Å². The predicted octanol–water partition coefficient (Wildman–Crippen LogP) is 15.6. The van der Waals surface area contributed by atoms with Crippen molar-refractivity contribution in [2.75, 3.05) is 0 Å². The third kappa shape index (κ3) is 15.3. The molecule has 0 aliphatic heterocycles. The molecule has 0 N–H and O–H groups in total. The molecule has 2 nitrogen and oxygen atoms in total. The Hall–Kier alpha value is -4.21. The third-order valence-corrected chi connectivity index (χ3v) is 8.94. The van der Waals surface area contributed by atoms with Gasteiger partial charge in [0.1, 0.15) is 0 Å². The van der Waals surface area contributed by atoms with Gasteiger partial charge in [0.2, 0.25) is 0 Å². The van der Waals surface area contributed by atoms with Gasteiger partial charge in [0.15, 0.2) is 0 Å². The summed E-state index contributed by atoms with van der Waals surface area (Å²) in [4.78, 5) is 5.34. The van der Waals surface area contributed by atoms with Crippen LogP contribution in [0, 0.1) is 20.8 Å². The van der Waals surface area contributed by atoms with E-state index in [-0.39, 0.29) is 25.8 Å². The minimum absolute atomic E-state index is 0. The average molecular weight is 882 g/mol. The molecule has 0 spiro atoms. The monoisotopic (exact) mass is 882 g/mol. The van der Waals surface area contributed by atoms with E-state index in [2.05, 4.69) is 119 Å². The molecule has 0 heterocycles. The smallest absolute Gasteiger partial charge is 0.656 e. The molecule has 54 heavy (non-hydrogen) atoms. The molecule has 0 unspecified atom stereocenters. The maximum absolute atomic E-state index is 5.34. The maximum Gasteiger partial charge on any atom is 4.00 e. The molecule has 0 saturated carbocycles. The molecule has 0 atom stereocenters. The number of rotatable bonds is 7. The standard InChI is InChI=1S/C30H41N2.3C7H7.Hf/c1-19(2)23-13-11-14-24(20(3)4)29(23)31-27-17-9-10-18-28(27)32-30-25(21(5)6)15-12-16-26(30)22(7)8;3*1-7-5-3-2-4-6-7;/h11-17,19-22H,9-10,18H2,1-8H3;3*2-6H,1H2;/q4*-1;+4. The Labute approximate surface area is 348 Å². The van der Waals surface area contributed by atoms with Crippen molar-refractivity contribution in [1.82, 2.24) is 0 Å². The quantitative estimate of drug-likeness (QED) is 0.115. The summed E-state index contributed by atoms with van der Waals surface area (Å²) >= 11 is 0. The molecule has 1 aliphatic carbocycles. The van der Waals surface area contributed by atoms with E-state index in [1.165, 1.54) is 22.3 Å². The van der Waals surface area contributed by atoms with Crippen LogP contribution in [-0.4, -0.2) is 5.71 Å². The van der Waals surface area contributed by atoms with Gasteiger partial charge in [-0.05, 0) is 54.1 Å². The normalized spacial score (nSPS) is 12.7. The summed E-state index contributed by atoms with van der Waals surface area (Å²) in [7, 11) is 0. The number of hydrogen-bond donors (Lipinski definition) is 0. The van der Waals surface area contributed by atoms with Crippen LogP contribution in [0.25, 0.3) is 5.32 Å². The number of para-hydroxylation sites is 2. The summed E-state index contributed by atoms with van der Waals surface area (Å²) in [5.74, 6) is 1.75. The topological polar surface area (TPSA) is 26.5 Å². The van der Waals surface area contributed by atoms with E-state index in [0.29, 0.717) is 23.7 Å². The number of allylic oxidation sites excluding steroid dienone is 2. The van der Waals surface area contributed by atoms with Crippen LogP contribution in [0.3, 0.4) is 0 Å². The summed E-state index contributed by atoms with van der Waals surface area (Å²) in [5, 5.41) is 5.32.